The number of amides is 1. The molecule has 4 nitrogen and oxygen atoms in total. The summed E-state index contributed by atoms with van der Waals surface area (Å²) >= 11 is 0. The molecule has 0 heterocycles. The maximum atomic E-state index is 13.4. The van der Waals surface area contributed by atoms with Crippen molar-refractivity contribution in [1.82, 2.24) is 0 Å². The third-order valence-corrected chi connectivity index (χ3v) is 3.38. The number of rotatable bonds is 3. The Morgan fingerprint density at radius 1 is 1.21 bits per heavy atom. The van der Waals surface area contributed by atoms with Crippen LogP contribution < -0.4 is 5.32 Å². The van der Waals surface area contributed by atoms with Crippen LogP contribution in [0, 0.1) is 23.5 Å². The molecule has 1 aliphatic carbocycles. The molecule has 1 saturated carbocycles. The summed E-state index contributed by atoms with van der Waals surface area (Å²) < 4.78 is 26.4. The Morgan fingerprint density at radius 2 is 1.89 bits per heavy atom. The van der Waals surface area contributed by atoms with Gasteiger partial charge in [0, 0.05) is 0 Å². The van der Waals surface area contributed by atoms with Crippen LogP contribution in [0.5, 0.6) is 0 Å². The molecule has 1 amide bonds. The number of carbonyl (C=O) groups is 2. The molecule has 2 rings (SSSR count). The second-order valence-corrected chi connectivity index (χ2v) is 4.57. The lowest BCUT2D eigenvalue weighted by Gasteiger charge is -2.15. The highest BCUT2D eigenvalue weighted by Crippen LogP contribution is 2.33. The van der Waals surface area contributed by atoms with Gasteiger partial charge in [0.2, 0.25) is 5.91 Å². The first-order valence-electron chi connectivity index (χ1n) is 5.98. The van der Waals surface area contributed by atoms with Crippen LogP contribution in [0.3, 0.4) is 0 Å². The van der Waals surface area contributed by atoms with Gasteiger partial charge in [0.1, 0.15) is 0 Å². The van der Waals surface area contributed by atoms with E-state index in [-0.39, 0.29) is 5.69 Å². The molecule has 0 radical (unpaired) electrons. The number of carbonyl (C=O) groups excluding carboxylic acids is 1. The van der Waals surface area contributed by atoms with E-state index in [0.29, 0.717) is 19.3 Å². The van der Waals surface area contributed by atoms with Crippen LogP contribution in [0.2, 0.25) is 0 Å². The number of nitrogens with one attached hydrogen (secondary N) is 1. The van der Waals surface area contributed by atoms with Crippen molar-refractivity contribution in [2.24, 2.45) is 11.8 Å². The SMILES string of the molecule is O=C(O)[C@H]1CCC[C@H]1C(=O)Nc1cccc(F)c1F. The van der Waals surface area contributed by atoms with E-state index in [1.165, 1.54) is 12.1 Å². The molecule has 0 saturated heterocycles. The van der Waals surface area contributed by atoms with Gasteiger partial charge in [-0.2, -0.15) is 0 Å². The molecule has 0 unspecified atom stereocenters. The van der Waals surface area contributed by atoms with Crippen LogP contribution in [0.1, 0.15) is 19.3 Å². The van der Waals surface area contributed by atoms with Crippen molar-refractivity contribution in [3.8, 4) is 0 Å². The number of carboxylic acid groups (broad SMARTS) is 1. The Morgan fingerprint density at radius 3 is 2.58 bits per heavy atom. The van der Waals surface area contributed by atoms with Crippen molar-refractivity contribution >= 4 is 17.6 Å². The van der Waals surface area contributed by atoms with Gasteiger partial charge in [-0.15, -0.1) is 0 Å². The quantitative estimate of drug-likeness (QED) is 0.885. The van der Waals surface area contributed by atoms with Crippen LogP contribution >= 0.6 is 0 Å². The first-order chi connectivity index (χ1) is 9.00. The van der Waals surface area contributed by atoms with Gasteiger partial charge >= 0.3 is 5.97 Å². The molecular formula is C13H13F2NO3. The number of carboxylic acids is 1. The van der Waals surface area contributed by atoms with E-state index in [1.807, 2.05) is 0 Å². The number of hydrogen-bond donors (Lipinski definition) is 2. The second-order valence-electron chi connectivity index (χ2n) is 4.57. The number of anilines is 1. The fourth-order valence-electron chi connectivity index (χ4n) is 2.40. The van der Waals surface area contributed by atoms with Crippen molar-refractivity contribution in [2.75, 3.05) is 5.32 Å². The highest BCUT2D eigenvalue weighted by molar-refractivity contribution is 5.95. The summed E-state index contributed by atoms with van der Waals surface area (Å²) in [4.78, 5) is 22.9. The van der Waals surface area contributed by atoms with Crippen LogP contribution in [0.15, 0.2) is 18.2 Å². The molecule has 0 aromatic heterocycles. The minimum absolute atomic E-state index is 0.263. The van der Waals surface area contributed by atoms with Gasteiger partial charge in [0.05, 0.1) is 17.5 Å². The average molecular weight is 269 g/mol. The molecule has 19 heavy (non-hydrogen) atoms. The Kier molecular flexibility index (Phi) is 3.78. The van der Waals surface area contributed by atoms with Gasteiger partial charge in [-0.05, 0) is 25.0 Å². The molecule has 1 aromatic rings. The van der Waals surface area contributed by atoms with Crippen LogP contribution in [0.4, 0.5) is 14.5 Å². The molecule has 0 spiro atoms. The third kappa shape index (κ3) is 2.72. The monoisotopic (exact) mass is 269 g/mol. The maximum absolute atomic E-state index is 13.4. The zero-order chi connectivity index (χ0) is 14.0. The number of hydrogen-bond acceptors (Lipinski definition) is 2. The standard InChI is InChI=1S/C13H13F2NO3/c14-9-5-2-6-10(11(9)15)16-12(17)7-3-1-4-8(7)13(18)19/h2,5-8H,1,3-4H2,(H,16,17)(H,18,19)/t7-,8+/m1/s1. The summed E-state index contributed by atoms with van der Waals surface area (Å²) in [6.45, 7) is 0. The van der Waals surface area contributed by atoms with Crippen molar-refractivity contribution in [1.29, 1.82) is 0 Å². The Balaban J connectivity index is 2.13. The van der Waals surface area contributed by atoms with Gasteiger partial charge in [0.15, 0.2) is 11.6 Å². The van der Waals surface area contributed by atoms with Crippen molar-refractivity contribution in [3.63, 3.8) is 0 Å². The normalized spacial score (nSPS) is 22.2. The molecule has 0 bridgehead atoms. The fourth-order valence-corrected chi connectivity index (χ4v) is 2.40. The maximum Gasteiger partial charge on any atom is 0.307 e. The second kappa shape index (κ2) is 5.34. The summed E-state index contributed by atoms with van der Waals surface area (Å²) in [5.41, 5.74) is -0.263. The number of halogens is 2. The van der Waals surface area contributed by atoms with Gasteiger partial charge in [0.25, 0.3) is 0 Å². The van der Waals surface area contributed by atoms with Crippen LogP contribution in [-0.4, -0.2) is 17.0 Å². The lowest BCUT2D eigenvalue weighted by molar-refractivity contribution is -0.145. The molecule has 2 atom stereocenters. The Labute approximate surface area is 108 Å². The summed E-state index contributed by atoms with van der Waals surface area (Å²) in [5, 5.41) is 11.2. The third-order valence-electron chi connectivity index (χ3n) is 3.38. The number of benzene rings is 1. The lowest BCUT2D eigenvalue weighted by atomic mass is 9.95. The van der Waals surface area contributed by atoms with E-state index >= 15 is 0 Å². The predicted molar refractivity (Wildman–Crippen MR) is 63.5 cm³/mol. The zero-order valence-corrected chi connectivity index (χ0v) is 10.0. The number of aliphatic carboxylic acids is 1. The summed E-state index contributed by atoms with van der Waals surface area (Å²) in [7, 11) is 0. The first kappa shape index (κ1) is 13.5. The van der Waals surface area contributed by atoms with Crippen LogP contribution in [0.25, 0.3) is 0 Å². The van der Waals surface area contributed by atoms with Crippen molar-refractivity contribution < 1.29 is 23.5 Å². The lowest BCUT2D eigenvalue weighted by Crippen LogP contribution is -2.30. The van der Waals surface area contributed by atoms with Gasteiger partial charge < -0.3 is 10.4 Å². The highest BCUT2D eigenvalue weighted by Gasteiger charge is 2.37. The summed E-state index contributed by atoms with van der Waals surface area (Å²) in [5.74, 6) is -5.25. The van der Waals surface area contributed by atoms with Gasteiger partial charge in [-0.25, -0.2) is 8.78 Å². The zero-order valence-electron chi connectivity index (χ0n) is 10.0. The fraction of sp³-hybridized carbons (Fsp3) is 0.385. The Hall–Kier alpha value is -1.98. The molecule has 6 heteroatoms. The molecule has 102 valence electrons. The predicted octanol–water partition coefficient (Wildman–Crippen LogP) is 2.40. The topological polar surface area (TPSA) is 66.4 Å². The molecular weight excluding hydrogens is 256 g/mol. The molecule has 1 fully saturated rings. The van der Waals surface area contributed by atoms with Crippen molar-refractivity contribution in [2.45, 2.75) is 19.3 Å². The highest BCUT2D eigenvalue weighted by atomic mass is 19.2. The van der Waals surface area contributed by atoms with E-state index in [1.54, 1.807) is 0 Å². The summed E-state index contributed by atoms with van der Waals surface area (Å²) in [6.07, 6.45) is 1.51. The summed E-state index contributed by atoms with van der Waals surface area (Å²) in [6, 6.07) is 3.46. The van der Waals surface area contributed by atoms with E-state index in [0.717, 1.165) is 6.07 Å². The first-order valence-corrected chi connectivity index (χ1v) is 5.98. The van der Waals surface area contributed by atoms with E-state index in [4.69, 9.17) is 5.11 Å². The minimum Gasteiger partial charge on any atom is -0.481 e. The molecule has 1 aromatic carbocycles. The largest absolute Gasteiger partial charge is 0.481 e. The molecule has 1 aliphatic rings. The molecule has 0 aliphatic heterocycles. The van der Waals surface area contributed by atoms with E-state index < -0.39 is 35.3 Å². The minimum atomic E-state index is -1.14. The van der Waals surface area contributed by atoms with Crippen LogP contribution in [-0.2, 0) is 9.59 Å². The van der Waals surface area contributed by atoms with Gasteiger partial charge in [-0.1, -0.05) is 12.5 Å². The smallest absolute Gasteiger partial charge is 0.307 e. The average Bonchev–Trinajstić information content (AvgIpc) is 2.84. The Bertz CT molecular complexity index is 519. The van der Waals surface area contributed by atoms with E-state index in [9.17, 15) is 18.4 Å². The van der Waals surface area contributed by atoms with Crippen molar-refractivity contribution in [3.05, 3.63) is 29.8 Å². The van der Waals surface area contributed by atoms with Gasteiger partial charge in [-0.3, -0.25) is 9.59 Å². The molecule has 2 N–H and O–H groups in total. The van der Waals surface area contributed by atoms with E-state index in [2.05, 4.69) is 5.32 Å².